The summed E-state index contributed by atoms with van der Waals surface area (Å²) in [6.07, 6.45) is 2.14. The van der Waals surface area contributed by atoms with E-state index in [9.17, 15) is 0 Å². The van der Waals surface area contributed by atoms with Crippen molar-refractivity contribution >= 4 is 17.4 Å². The first kappa shape index (κ1) is 10.5. The van der Waals surface area contributed by atoms with Crippen LogP contribution in [0.15, 0.2) is 24.3 Å². The molecule has 0 heterocycles. The number of anilines is 1. The van der Waals surface area contributed by atoms with Crippen LogP contribution < -0.4 is 5.73 Å². The lowest BCUT2D eigenvalue weighted by atomic mass is 9.87. The molecule has 0 aliphatic heterocycles. The molecule has 0 atom stereocenters. The molecular formula is C11H17NS. The number of thioether (sulfide) groups is 1. The summed E-state index contributed by atoms with van der Waals surface area (Å²) in [4.78, 5) is 0. The van der Waals surface area contributed by atoms with E-state index in [1.807, 2.05) is 23.9 Å². The maximum Gasteiger partial charge on any atom is 0.0314 e. The molecule has 0 amide bonds. The Balaban J connectivity index is 2.87. The zero-order valence-corrected chi connectivity index (χ0v) is 9.32. The molecule has 0 fully saturated rings. The quantitative estimate of drug-likeness (QED) is 0.750. The number of nitrogens with two attached hydrogens (primary N) is 1. The Bertz CT molecular complexity index is 264. The number of hydrogen-bond donors (Lipinski definition) is 1. The minimum atomic E-state index is 0.243. The second-order valence-corrected chi connectivity index (χ2v) is 4.80. The third-order valence-electron chi connectivity index (χ3n) is 2.20. The summed E-state index contributed by atoms with van der Waals surface area (Å²) >= 11 is 1.88. The Hall–Kier alpha value is -0.630. The zero-order chi connectivity index (χ0) is 9.90. The van der Waals surface area contributed by atoms with Gasteiger partial charge in [-0.3, -0.25) is 0 Å². The van der Waals surface area contributed by atoms with E-state index in [0.29, 0.717) is 0 Å². The lowest BCUT2D eigenvalue weighted by Crippen LogP contribution is -2.20. The summed E-state index contributed by atoms with van der Waals surface area (Å²) in [5, 5.41) is 0. The average molecular weight is 195 g/mol. The van der Waals surface area contributed by atoms with Crippen LogP contribution >= 0.6 is 11.8 Å². The largest absolute Gasteiger partial charge is 0.399 e. The summed E-state index contributed by atoms with van der Waals surface area (Å²) in [7, 11) is 0. The van der Waals surface area contributed by atoms with Gasteiger partial charge < -0.3 is 5.73 Å². The first-order chi connectivity index (χ1) is 6.06. The van der Waals surface area contributed by atoms with Crippen LogP contribution in [0, 0.1) is 0 Å². The van der Waals surface area contributed by atoms with Crippen LogP contribution in [0.25, 0.3) is 0 Å². The molecule has 0 bridgehead atoms. The molecule has 72 valence electrons. The lowest BCUT2D eigenvalue weighted by molar-refractivity contribution is 0.603. The third-order valence-corrected chi connectivity index (χ3v) is 3.21. The van der Waals surface area contributed by atoms with Gasteiger partial charge >= 0.3 is 0 Å². The minimum Gasteiger partial charge on any atom is -0.399 e. The van der Waals surface area contributed by atoms with Gasteiger partial charge in [0, 0.05) is 11.4 Å². The first-order valence-electron chi connectivity index (χ1n) is 4.41. The van der Waals surface area contributed by atoms with E-state index in [2.05, 4.69) is 32.2 Å². The van der Waals surface area contributed by atoms with Crippen molar-refractivity contribution in [1.29, 1.82) is 0 Å². The van der Waals surface area contributed by atoms with Gasteiger partial charge in [-0.05, 0) is 29.4 Å². The Morgan fingerprint density at radius 2 is 1.77 bits per heavy atom. The molecule has 0 aliphatic carbocycles. The van der Waals surface area contributed by atoms with E-state index in [-0.39, 0.29) is 5.41 Å². The highest BCUT2D eigenvalue weighted by Crippen LogP contribution is 2.26. The second kappa shape index (κ2) is 4.05. The van der Waals surface area contributed by atoms with Crippen molar-refractivity contribution in [1.82, 2.24) is 0 Å². The summed E-state index contributed by atoms with van der Waals surface area (Å²) in [5.74, 6) is 1.14. The van der Waals surface area contributed by atoms with Crippen molar-refractivity contribution in [3.8, 4) is 0 Å². The Kier molecular flexibility index (Phi) is 3.26. The molecule has 0 aromatic heterocycles. The summed E-state index contributed by atoms with van der Waals surface area (Å²) in [6.45, 7) is 4.52. The monoisotopic (exact) mass is 195 g/mol. The summed E-state index contributed by atoms with van der Waals surface area (Å²) in [6, 6.07) is 8.17. The van der Waals surface area contributed by atoms with Crippen LogP contribution in [-0.2, 0) is 5.41 Å². The van der Waals surface area contributed by atoms with Gasteiger partial charge in [-0.1, -0.05) is 26.0 Å². The molecule has 1 aromatic rings. The van der Waals surface area contributed by atoms with Crippen molar-refractivity contribution in [2.45, 2.75) is 19.3 Å². The molecular weight excluding hydrogens is 178 g/mol. The molecule has 0 saturated carbocycles. The minimum absolute atomic E-state index is 0.243. The van der Waals surface area contributed by atoms with Crippen LogP contribution in [0.3, 0.4) is 0 Å². The standard InChI is InChI=1S/C11H17NS/c1-11(2,8-13-3)9-4-6-10(12)7-5-9/h4-7H,8,12H2,1-3H3. The van der Waals surface area contributed by atoms with E-state index in [1.165, 1.54) is 5.56 Å². The third kappa shape index (κ3) is 2.66. The summed E-state index contributed by atoms with van der Waals surface area (Å²) in [5.41, 5.74) is 8.08. The molecule has 1 nitrogen and oxygen atoms in total. The molecule has 2 N–H and O–H groups in total. The van der Waals surface area contributed by atoms with E-state index < -0.39 is 0 Å². The van der Waals surface area contributed by atoms with Crippen LogP contribution in [0.5, 0.6) is 0 Å². The molecule has 0 radical (unpaired) electrons. The molecule has 1 rings (SSSR count). The Labute approximate surface area is 84.7 Å². The fourth-order valence-electron chi connectivity index (χ4n) is 1.38. The van der Waals surface area contributed by atoms with Gasteiger partial charge in [0.25, 0.3) is 0 Å². The van der Waals surface area contributed by atoms with Crippen molar-refractivity contribution < 1.29 is 0 Å². The highest BCUT2D eigenvalue weighted by Gasteiger charge is 2.19. The SMILES string of the molecule is CSCC(C)(C)c1ccc(N)cc1. The van der Waals surface area contributed by atoms with E-state index in [0.717, 1.165) is 11.4 Å². The molecule has 0 spiro atoms. The van der Waals surface area contributed by atoms with Crippen molar-refractivity contribution in [2.75, 3.05) is 17.7 Å². The predicted molar refractivity (Wildman–Crippen MR) is 62.3 cm³/mol. The van der Waals surface area contributed by atoms with E-state index in [1.54, 1.807) is 0 Å². The number of benzene rings is 1. The lowest BCUT2D eigenvalue weighted by Gasteiger charge is -2.24. The summed E-state index contributed by atoms with van der Waals surface area (Å²) < 4.78 is 0. The topological polar surface area (TPSA) is 26.0 Å². The predicted octanol–water partition coefficient (Wildman–Crippen LogP) is 2.91. The Morgan fingerprint density at radius 3 is 2.23 bits per heavy atom. The van der Waals surface area contributed by atoms with E-state index >= 15 is 0 Å². The number of rotatable bonds is 3. The fraction of sp³-hybridized carbons (Fsp3) is 0.455. The first-order valence-corrected chi connectivity index (χ1v) is 5.80. The Morgan fingerprint density at radius 1 is 1.23 bits per heavy atom. The second-order valence-electron chi connectivity index (χ2n) is 3.94. The number of nitrogen functional groups attached to an aromatic ring is 1. The van der Waals surface area contributed by atoms with Crippen molar-refractivity contribution in [3.63, 3.8) is 0 Å². The van der Waals surface area contributed by atoms with Gasteiger partial charge in [0.15, 0.2) is 0 Å². The maximum absolute atomic E-state index is 5.64. The van der Waals surface area contributed by atoms with Crippen LogP contribution in [0.4, 0.5) is 5.69 Å². The van der Waals surface area contributed by atoms with Crippen LogP contribution in [0.1, 0.15) is 19.4 Å². The zero-order valence-electron chi connectivity index (χ0n) is 8.50. The number of hydrogen-bond acceptors (Lipinski definition) is 2. The van der Waals surface area contributed by atoms with Gasteiger partial charge in [-0.15, -0.1) is 0 Å². The van der Waals surface area contributed by atoms with Gasteiger partial charge in [-0.25, -0.2) is 0 Å². The van der Waals surface area contributed by atoms with E-state index in [4.69, 9.17) is 5.73 Å². The molecule has 13 heavy (non-hydrogen) atoms. The van der Waals surface area contributed by atoms with Gasteiger partial charge in [-0.2, -0.15) is 11.8 Å². The van der Waals surface area contributed by atoms with Crippen LogP contribution in [-0.4, -0.2) is 12.0 Å². The van der Waals surface area contributed by atoms with Gasteiger partial charge in [0.1, 0.15) is 0 Å². The maximum atomic E-state index is 5.64. The fourth-order valence-corrected chi connectivity index (χ4v) is 2.27. The van der Waals surface area contributed by atoms with Gasteiger partial charge in [0.2, 0.25) is 0 Å². The highest BCUT2D eigenvalue weighted by atomic mass is 32.2. The highest BCUT2D eigenvalue weighted by molar-refractivity contribution is 7.98. The normalized spacial score (nSPS) is 11.6. The molecule has 0 aliphatic rings. The van der Waals surface area contributed by atoms with Crippen LogP contribution in [0.2, 0.25) is 0 Å². The average Bonchev–Trinajstić information content (AvgIpc) is 2.05. The van der Waals surface area contributed by atoms with Crippen molar-refractivity contribution in [2.24, 2.45) is 0 Å². The van der Waals surface area contributed by atoms with Gasteiger partial charge in [0.05, 0.1) is 0 Å². The van der Waals surface area contributed by atoms with Crippen molar-refractivity contribution in [3.05, 3.63) is 29.8 Å². The molecule has 0 unspecified atom stereocenters. The molecule has 0 saturated heterocycles. The molecule has 2 heteroatoms. The smallest absolute Gasteiger partial charge is 0.0314 e. The molecule has 1 aromatic carbocycles.